The summed E-state index contributed by atoms with van der Waals surface area (Å²) in [5, 5.41) is 2.39. The maximum absolute atomic E-state index is 11.6. The molecule has 0 bridgehead atoms. The number of aryl methyl sites for hydroxylation is 1. The van der Waals surface area contributed by atoms with Crippen LogP contribution in [-0.4, -0.2) is 14.3 Å². The highest BCUT2D eigenvalue weighted by Crippen LogP contribution is 2.11. The second kappa shape index (κ2) is 3.54. The van der Waals surface area contributed by atoms with Crippen molar-refractivity contribution in [1.82, 2.24) is 14.3 Å². The van der Waals surface area contributed by atoms with Crippen molar-refractivity contribution in [2.24, 2.45) is 7.05 Å². The number of nitrogens with one attached hydrogen (secondary N) is 1. The fourth-order valence-corrected chi connectivity index (χ4v) is 1.56. The Morgan fingerprint density at radius 3 is 2.27 bits per heavy atom. The van der Waals surface area contributed by atoms with Crippen LogP contribution in [0.4, 0.5) is 0 Å². The molecule has 0 aliphatic heterocycles. The summed E-state index contributed by atoms with van der Waals surface area (Å²) in [6, 6.07) is 6.93. The summed E-state index contributed by atoms with van der Waals surface area (Å²) in [5.74, 6) is 0. The third kappa shape index (κ3) is 1.68. The van der Waals surface area contributed by atoms with Crippen LogP contribution < -0.4 is 11.4 Å². The molecule has 6 heteroatoms. The van der Waals surface area contributed by atoms with E-state index in [1.54, 1.807) is 24.3 Å². The monoisotopic (exact) mass is 269 g/mol. The Morgan fingerprint density at radius 1 is 1.20 bits per heavy atom. The number of benzene rings is 1. The number of aromatic amines is 1. The van der Waals surface area contributed by atoms with Crippen LogP contribution in [0.25, 0.3) is 5.69 Å². The Kier molecular flexibility index (Phi) is 2.36. The molecule has 0 spiro atoms. The molecule has 1 N–H and O–H groups in total. The molecule has 0 atom stereocenters. The molecular formula is C9H8BrN3O2. The summed E-state index contributed by atoms with van der Waals surface area (Å²) in [4.78, 5) is 23.0. The molecule has 0 aliphatic carbocycles. The maximum atomic E-state index is 11.6. The Morgan fingerprint density at radius 2 is 1.80 bits per heavy atom. The molecule has 0 saturated carbocycles. The quantitative estimate of drug-likeness (QED) is 0.826. The molecule has 1 heterocycles. The number of hydrogen-bond donors (Lipinski definition) is 1. The van der Waals surface area contributed by atoms with Crippen LogP contribution in [0, 0.1) is 0 Å². The van der Waals surface area contributed by atoms with Gasteiger partial charge in [0.15, 0.2) is 0 Å². The van der Waals surface area contributed by atoms with Crippen LogP contribution in [0.15, 0.2) is 38.3 Å². The molecular weight excluding hydrogens is 262 g/mol. The second-order valence-corrected chi connectivity index (χ2v) is 3.99. The van der Waals surface area contributed by atoms with Gasteiger partial charge in [-0.25, -0.2) is 23.9 Å². The highest BCUT2D eigenvalue weighted by molar-refractivity contribution is 9.10. The lowest BCUT2D eigenvalue weighted by Gasteiger charge is -1.98. The molecule has 0 radical (unpaired) electrons. The van der Waals surface area contributed by atoms with Crippen LogP contribution in [0.3, 0.4) is 0 Å². The molecule has 15 heavy (non-hydrogen) atoms. The largest absolute Gasteiger partial charge is 0.351 e. The summed E-state index contributed by atoms with van der Waals surface area (Å²) in [5.41, 5.74) is -0.280. The first-order chi connectivity index (χ1) is 7.09. The standard InChI is InChI=1S/C9H8BrN3O2/c1-12-9(15)13(8(14)11-12)7-4-2-6(10)3-5-7/h2-5H,1H3,(H,11,14). The zero-order valence-electron chi connectivity index (χ0n) is 7.90. The molecule has 0 aliphatic rings. The summed E-state index contributed by atoms with van der Waals surface area (Å²) in [7, 11) is 1.50. The van der Waals surface area contributed by atoms with E-state index in [0.717, 1.165) is 13.7 Å². The van der Waals surface area contributed by atoms with E-state index in [1.165, 1.54) is 7.05 Å². The van der Waals surface area contributed by atoms with Crippen molar-refractivity contribution < 1.29 is 0 Å². The van der Waals surface area contributed by atoms with Crippen molar-refractivity contribution in [3.8, 4) is 5.69 Å². The fourth-order valence-electron chi connectivity index (χ4n) is 1.30. The van der Waals surface area contributed by atoms with Crippen molar-refractivity contribution in [3.05, 3.63) is 49.7 Å². The molecule has 2 aromatic rings. The number of hydrogen-bond acceptors (Lipinski definition) is 2. The Labute approximate surface area is 93.1 Å². The average molecular weight is 270 g/mol. The molecule has 0 saturated heterocycles. The van der Waals surface area contributed by atoms with E-state index in [4.69, 9.17) is 0 Å². The van der Waals surface area contributed by atoms with Gasteiger partial charge in [-0.3, -0.25) is 0 Å². The minimum absolute atomic E-state index is 0.387. The van der Waals surface area contributed by atoms with Gasteiger partial charge >= 0.3 is 11.4 Å². The summed E-state index contributed by atoms with van der Waals surface area (Å²) >= 11 is 3.28. The van der Waals surface area contributed by atoms with Crippen molar-refractivity contribution >= 4 is 15.9 Å². The van der Waals surface area contributed by atoms with Gasteiger partial charge in [0, 0.05) is 11.5 Å². The highest BCUT2D eigenvalue weighted by Gasteiger charge is 2.07. The number of aromatic nitrogens is 3. The molecule has 0 amide bonds. The molecule has 0 fully saturated rings. The summed E-state index contributed by atoms with van der Waals surface area (Å²) in [6.07, 6.45) is 0. The lowest BCUT2D eigenvalue weighted by Crippen LogP contribution is -2.26. The van der Waals surface area contributed by atoms with Gasteiger partial charge in [-0.1, -0.05) is 15.9 Å². The fraction of sp³-hybridized carbons (Fsp3) is 0.111. The third-order valence-electron chi connectivity index (χ3n) is 2.03. The lowest BCUT2D eigenvalue weighted by atomic mass is 10.3. The zero-order chi connectivity index (χ0) is 11.0. The SMILES string of the molecule is Cn1[nH]c(=O)n(-c2ccc(Br)cc2)c1=O. The van der Waals surface area contributed by atoms with Gasteiger partial charge in [0.05, 0.1) is 5.69 Å². The van der Waals surface area contributed by atoms with E-state index in [9.17, 15) is 9.59 Å². The summed E-state index contributed by atoms with van der Waals surface area (Å²) < 4.78 is 3.11. The van der Waals surface area contributed by atoms with Gasteiger partial charge in [-0.05, 0) is 24.3 Å². The van der Waals surface area contributed by atoms with Crippen LogP contribution in [-0.2, 0) is 7.05 Å². The van der Waals surface area contributed by atoms with Crippen molar-refractivity contribution in [2.45, 2.75) is 0 Å². The van der Waals surface area contributed by atoms with Gasteiger partial charge in [0.2, 0.25) is 0 Å². The topological polar surface area (TPSA) is 59.8 Å². The van der Waals surface area contributed by atoms with Crippen molar-refractivity contribution in [1.29, 1.82) is 0 Å². The second-order valence-electron chi connectivity index (χ2n) is 3.07. The normalized spacial score (nSPS) is 10.5. The molecule has 5 nitrogen and oxygen atoms in total. The molecule has 2 rings (SSSR count). The van der Waals surface area contributed by atoms with Crippen LogP contribution in [0.1, 0.15) is 0 Å². The maximum Gasteiger partial charge on any atom is 0.351 e. The number of rotatable bonds is 1. The molecule has 1 aromatic heterocycles. The van der Waals surface area contributed by atoms with Gasteiger partial charge in [-0.2, -0.15) is 0 Å². The highest BCUT2D eigenvalue weighted by atomic mass is 79.9. The van der Waals surface area contributed by atoms with E-state index in [2.05, 4.69) is 21.0 Å². The van der Waals surface area contributed by atoms with E-state index in [1.807, 2.05) is 0 Å². The first kappa shape index (κ1) is 9.97. The average Bonchev–Trinajstić information content (AvgIpc) is 2.44. The Balaban J connectivity index is 2.69. The van der Waals surface area contributed by atoms with E-state index in [0.29, 0.717) is 5.69 Å². The van der Waals surface area contributed by atoms with E-state index >= 15 is 0 Å². The predicted octanol–water partition coefficient (Wildman–Crippen LogP) is 0.627. The smallest absolute Gasteiger partial charge is 0.246 e. The first-order valence-corrected chi connectivity index (χ1v) is 5.03. The zero-order valence-corrected chi connectivity index (χ0v) is 9.48. The van der Waals surface area contributed by atoms with Crippen LogP contribution >= 0.6 is 15.9 Å². The molecule has 1 aromatic carbocycles. The first-order valence-electron chi connectivity index (χ1n) is 4.23. The number of nitrogens with zero attached hydrogens (tertiary/aromatic N) is 2. The number of H-pyrrole nitrogens is 1. The van der Waals surface area contributed by atoms with Gasteiger partial charge in [-0.15, -0.1) is 0 Å². The van der Waals surface area contributed by atoms with Gasteiger partial charge in [0.25, 0.3) is 0 Å². The Hall–Kier alpha value is -1.56. The minimum Gasteiger partial charge on any atom is -0.246 e. The minimum atomic E-state index is -0.440. The lowest BCUT2D eigenvalue weighted by molar-refractivity contribution is 0.723. The van der Waals surface area contributed by atoms with Crippen molar-refractivity contribution in [2.75, 3.05) is 0 Å². The summed E-state index contributed by atoms with van der Waals surface area (Å²) in [6.45, 7) is 0. The Bertz CT molecular complexity index is 591. The third-order valence-corrected chi connectivity index (χ3v) is 2.56. The van der Waals surface area contributed by atoms with Crippen LogP contribution in [0.2, 0.25) is 0 Å². The van der Waals surface area contributed by atoms with Crippen molar-refractivity contribution in [3.63, 3.8) is 0 Å². The van der Waals surface area contributed by atoms with Crippen LogP contribution in [0.5, 0.6) is 0 Å². The molecule has 0 unspecified atom stereocenters. The van der Waals surface area contributed by atoms with Gasteiger partial charge in [0.1, 0.15) is 0 Å². The molecule has 78 valence electrons. The number of halogens is 1. The predicted molar refractivity (Wildman–Crippen MR) is 59.3 cm³/mol. The van der Waals surface area contributed by atoms with Gasteiger partial charge < -0.3 is 0 Å². The van der Waals surface area contributed by atoms with E-state index < -0.39 is 5.69 Å². The van der Waals surface area contributed by atoms with E-state index in [-0.39, 0.29) is 5.69 Å².